The van der Waals surface area contributed by atoms with Crippen molar-refractivity contribution in [3.05, 3.63) is 76.5 Å². The monoisotopic (exact) mass is 429 g/mol. The second kappa shape index (κ2) is 8.99. The lowest BCUT2D eigenvalue weighted by molar-refractivity contribution is 0.102. The molecule has 1 heterocycles. The van der Waals surface area contributed by atoms with E-state index in [1.54, 1.807) is 43.3 Å². The van der Waals surface area contributed by atoms with Gasteiger partial charge in [-0.3, -0.25) is 9.59 Å². The number of carbonyl (C=O) groups excluding carboxylic acids is 2. The molecule has 0 aliphatic carbocycles. The number of benzene rings is 2. The minimum absolute atomic E-state index is 0.0918. The van der Waals surface area contributed by atoms with Crippen LogP contribution in [0.2, 0.25) is 0 Å². The molecule has 0 saturated carbocycles. The van der Waals surface area contributed by atoms with Crippen LogP contribution >= 0.6 is 11.3 Å². The van der Waals surface area contributed by atoms with Crippen molar-refractivity contribution in [1.29, 1.82) is 0 Å². The van der Waals surface area contributed by atoms with Gasteiger partial charge in [-0.05, 0) is 53.9 Å². The predicted octanol–water partition coefficient (Wildman–Crippen LogP) is 3.55. The van der Waals surface area contributed by atoms with Crippen LogP contribution in [0.1, 0.15) is 27.0 Å². The van der Waals surface area contributed by atoms with E-state index in [2.05, 4.69) is 15.4 Å². The summed E-state index contributed by atoms with van der Waals surface area (Å²) in [6.45, 7) is 1.97. The van der Waals surface area contributed by atoms with Crippen LogP contribution in [0.3, 0.4) is 0 Å². The van der Waals surface area contributed by atoms with Crippen LogP contribution in [0, 0.1) is 0 Å². The number of carbonyl (C=O) groups is 2. The van der Waals surface area contributed by atoms with Crippen LogP contribution in [0.25, 0.3) is 0 Å². The molecule has 0 unspecified atom stereocenters. The van der Waals surface area contributed by atoms with Gasteiger partial charge in [0.1, 0.15) is 0 Å². The lowest BCUT2D eigenvalue weighted by Crippen LogP contribution is -2.23. The molecule has 9 heteroatoms. The Labute approximate surface area is 172 Å². The number of rotatable bonds is 7. The van der Waals surface area contributed by atoms with Crippen LogP contribution in [-0.2, 0) is 10.0 Å². The Morgan fingerprint density at radius 2 is 1.55 bits per heavy atom. The van der Waals surface area contributed by atoms with Crippen molar-refractivity contribution >= 4 is 44.5 Å². The number of hydrogen-bond acceptors (Lipinski definition) is 5. The molecule has 2 aromatic carbocycles. The Morgan fingerprint density at radius 3 is 2.14 bits per heavy atom. The van der Waals surface area contributed by atoms with Gasteiger partial charge in [0.15, 0.2) is 0 Å². The van der Waals surface area contributed by atoms with Crippen molar-refractivity contribution < 1.29 is 18.0 Å². The standard InChI is InChI=1S/C20H19N3O4S2/c1-2-21-29(26,27)17-10-8-14(9-11-17)19(24)22-15-5-3-6-16(13-15)23-20(25)18-7-4-12-28-18/h3-13,21H,2H2,1H3,(H,22,24)(H,23,25). The van der Waals surface area contributed by atoms with E-state index >= 15 is 0 Å². The first kappa shape index (κ1) is 20.7. The average Bonchev–Trinajstić information content (AvgIpc) is 3.23. The highest BCUT2D eigenvalue weighted by Crippen LogP contribution is 2.19. The molecule has 7 nitrogen and oxygen atoms in total. The zero-order valence-electron chi connectivity index (χ0n) is 15.5. The highest BCUT2D eigenvalue weighted by atomic mass is 32.2. The molecule has 0 spiro atoms. The van der Waals surface area contributed by atoms with Crippen molar-refractivity contribution in [3.8, 4) is 0 Å². The van der Waals surface area contributed by atoms with Gasteiger partial charge < -0.3 is 10.6 Å². The van der Waals surface area contributed by atoms with E-state index in [0.29, 0.717) is 21.8 Å². The molecule has 0 aliphatic rings. The SMILES string of the molecule is CCNS(=O)(=O)c1ccc(C(=O)Nc2cccc(NC(=O)c3cccs3)c2)cc1. The highest BCUT2D eigenvalue weighted by molar-refractivity contribution is 7.89. The molecular weight excluding hydrogens is 410 g/mol. The molecule has 3 aromatic rings. The molecule has 0 bridgehead atoms. The molecule has 3 rings (SSSR count). The molecular formula is C20H19N3O4S2. The fourth-order valence-corrected chi connectivity index (χ4v) is 4.20. The number of thiophene rings is 1. The summed E-state index contributed by atoms with van der Waals surface area (Å²) in [6, 6.07) is 16.0. The summed E-state index contributed by atoms with van der Waals surface area (Å²) in [5.74, 6) is -0.611. The van der Waals surface area contributed by atoms with E-state index in [0.717, 1.165) is 0 Å². The first-order valence-electron chi connectivity index (χ1n) is 8.75. The van der Waals surface area contributed by atoms with Gasteiger partial charge in [0.05, 0.1) is 9.77 Å². The molecule has 3 N–H and O–H groups in total. The molecule has 2 amide bonds. The molecule has 0 atom stereocenters. The zero-order chi connectivity index (χ0) is 20.9. The topological polar surface area (TPSA) is 104 Å². The zero-order valence-corrected chi connectivity index (χ0v) is 17.1. The normalized spacial score (nSPS) is 11.1. The maximum Gasteiger partial charge on any atom is 0.265 e. The van der Waals surface area contributed by atoms with Crippen molar-refractivity contribution in [2.75, 3.05) is 17.2 Å². The van der Waals surface area contributed by atoms with Crippen LogP contribution in [0.15, 0.2) is 70.9 Å². The van der Waals surface area contributed by atoms with Crippen LogP contribution in [-0.4, -0.2) is 26.8 Å². The molecule has 0 fully saturated rings. The molecule has 0 aliphatic heterocycles. The van der Waals surface area contributed by atoms with E-state index in [1.807, 2.05) is 5.38 Å². The molecule has 1 aromatic heterocycles. The number of sulfonamides is 1. The number of hydrogen-bond donors (Lipinski definition) is 3. The van der Waals surface area contributed by atoms with Gasteiger partial charge in [0, 0.05) is 23.5 Å². The second-order valence-electron chi connectivity index (χ2n) is 5.99. The minimum atomic E-state index is -3.57. The van der Waals surface area contributed by atoms with E-state index < -0.39 is 10.0 Å². The van der Waals surface area contributed by atoms with Gasteiger partial charge in [0.2, 0.25) is 10.0 Å². The fraction of sp³-hybridized carbons (Fsp3) is 0.100. The smallest absolute Gasteiger partial charge is 0.265 e. The third-order valence-corrected chi connectivity index (χ3v) is 6.31. The first-order valence-corrected chi connectivity index (χ1v) is 11.1. The third-order valence-electron chi connectivity index (χ3n) is 3.88. The number of amides is 2. The molecule has 29 heavy (non-hydrogen) atoms. The summed E-state index contributed by atoms with van der Waals surface area (Å²) in [5, 5.41) is 7.34. The van der Waals surface area contributed by atoms with E-state index in [1.165, 1.54) is 35.6 Å². The largest absolute Gasteiger partial charge is 0.322 e. The summed E-state index contributed by atoms with van der Waals surface area (Å²) >= 11 is 1.34. The summed E-state index contributed by atoms with van der Waals surface area (Å²) in [6.07, 6.45) is 0. The van der Waals surface area contributed by atoms with Crippen LogP contribution in [0.4, 0.5) is 11.4 Å². The Balaban J connectivity index is 1.68. The summed E-state index contributed by atoms with van der Waals surface area (Å²) in [7, 11) is -3.57. The third kappa shape index (κ3) is 5.29. The second-order valence-corrected chi connectivity index (χ2v) is 8.71. The van der Waals surface area contributed by atoms with Gasteiger partial charge in [-0.25, -0.2) is 13.1 Å². The van der Waals surface area contributed by atoms with E-state index in [-0.39, 0.29) is 23.3 Å². The Kier molecular flexibility index (Phi) is 6.42. The van der Waals surface area contributed by atoms with Gasteiger partial charge in [-0.1, -0.05) is 19.1 Å². The fourth-order valence-electron chi connectivity index (χ4n) is 2.54. The van der Waals surface area contributed by atoms with Crippen molar-refractivity contribution in [2.24, 2.45) is 0 Å². The predicted molar refractivity (Wildman–Crippen MR) is 114 cm³/mol. The van der Waals surface area contributed by atoms with Gasteiger partial charge in [-0.2, -0.15) is 0 Å². The maximum absolute atomic E-state index is 12.5. The van der Waals surface area contributed by atoms with Gasteiger partial charge >= 0.3 is 0 Å². The van der Waals surface area contributed by atoms with Crippen molar-refractivity contribution in [3.63, 3.8) is 0 Å². The van der Waals surface area contributed by atoms with Crippen molar-refractivity contribution in [1.82, 2.24) is 4.72 Å². The summed E-state index contributed by atoms with van der Waals surface area (Å²) < 4.78 is 26.3. The first-order chi connectivity index (χ1) is 13.9. The van der Waals surface area contributed by atoms with Crippen molar-refractivity contribution in [2.45, 2.75) is 11.8 Å². The summed E-state index contributed by atoms with van der Waals surface area (Å²) in [4.78, 5) is 25.3. The molecule has 0 saturated heterocycles. The van der Waals surface area contributed by atoms with Crippen LogP contribution in [0.5, 0.6) is 0 Å². The Bertz CT molecular complexity index is 1110. The number of anilines is 2. The Morgan fingerprint density at radius 1 is 0.897 bits per heavy atom. The lowest BCUT2D eigenvalue weighted by Gasteiger charge is -2.09. The molecule has 0 radical (unpaired) electrons. The quantitative estimate of drug-likeness (QED) is 0.534. The van der Waals surface area contributed by atoms with E-state index in [9.17, 15) is 18.0 Å². The van der Waals surface area contributed by atoms with Gasteiger partial charge in [-0.15, -0.1) is 11.3 Å². The average molecular weight is 430 g/mol. The Hall–Kier alpha value is -3.01. The molecule has 150 valence electrons. The van der Waals surface area contributed by atoms with Crippen LogP contribution < -0.4 is 15.4 Å². The lowest BCUT2D eigenvalue weighted by atomic mass is 10.2. The summed E-state index contributed by atoms with van der Waals surface area (Å²) in [5.41, 5.74) is 1.37. The van der Waals surface area contributed by atoms with Gasteiger partial charge in [0.25, 0.3) is 11.8 Å². The number of nitrogens with one attached hydrogen (secondary N) is 3. The highest BCUT2D eigenvalue weighted by Gasteiger charge is 2.14. The minimum Gasteiger partial charge on any atom is -0.322 e. The maximum atomic E-state index is 12.5. The van der Waals surface area contributed by atoms with E-state index in [4.69, 9.17) is 0 Å².